The van der Waals surface area contributed by atoms with E-state index in [0.717, 1.165) is 11.3 Å². The van der Waals surface area contributed by atoms with Crippen LogP contribution in [-0.4, -0.2) is 25.0 Å². The van der Waals surface area contributed by atoms with E-state index in [0.29, 0.717) is 6.42 Å². The van der Waals surface area contributed by atoms with Gasteiger partial charge in [-0.25, -0.2) is 4.79 Å². The van der Waals surface area contributed by atoms with Gasteiger partial charge in [-0.2, -0.15) is 0 Å². The first kappa shape index (κ1) is 13.6. The second kappa shape index (κ2) is 5.03. The standard InChI is InChI=1S/C15H18O4/c1-15(2)9-12(16)14(17)19-13(15)8-10-4-6-11(18-3)7-5-10/h4-7,13H,8-9H2,1-3H3. The van der Waals surface area contributed by atoms with Gasteiger partial charge in [0.25, 0.3) is 0 Å². The van der Waals surface area contributed by atoms with Crippen LogP contribution >= 0.6 is 0 Å². The molecule has 1 aromatic carbocycles. The predicted octanol–water partition coefficient (Wildman–Crippen LogP) is 2.15. The van der Waals surface area contributed by atoms with Gasteiger partial charge in [0.05, 0.1) is 7.11 Å². The zero-order valence-corrected chi connectivity index (χ0v) is 11.4. The Labute approximate surface area is 112 Å². The van der Waals surface area contributed by atoms with Crippen LogP contribution in [0.5, 0.6) is 5.75 Å². The van der Waals surface area contributed by atoms with Crippen LogP contribution < -0.4 is 4.74 Å². The fraction of sp³-hybridized carbons (Fsp3) is 0.467. The zero-order valence-electron chi connectivity index (χ0n) is 11.4. The summed E-state index contributed by atoms with van der Waals surface area (Å²) in [6.07, 6.45) is 0.578. The molecule has 0 N–H and O–H groups in total. The Morgan fingerprint density at radius 1 is 1.26 bits per heavy atom. The van der Waals surface area contributed by atoms with E-state index in [1.807, 2.05) is 38.1 Å². The van der Waals surface area contributed by atoms with Gasteiger partial charge in [0.15, 0.2) is 0 Å². The quantitative estimate of drug-likeness (QED) is 0.618. The molecule has 0 spiro atoms. The van der Waals surface area contributed by atoms with Crippen molar-refractivity contribution in [1.29, 1.82) is 0 Å². The number of carbonyl (C=O) groups excluding carboxylic acids is 2. The van der Waals surface area contributed by atoms with E-state index in [1.54, 1.807) is 7.11 Å². The number of methoxy groups -OCH3 is 1. The minimum absolute atomic E-state index is 0.243. The Hall–Kier alpha value is -1.84. The molecule has 1 fully saturated rings. The summed E-state index contributed by atoms with van der Waals surface area (Å²) in [4.78, 5) is 22.8. The van der Waals surface area contributed by atoms with Crippen molar-refractivity contribution in [2.24, 2.45) is 5.41 Å². The number of ether oxygens (including phenoxy) is 2. The van der Waals surface area contributed by atoms with E-state index in [1.165, 1.54) is 0 Å². The van der Waals surface area contributed by atoms with Crippen LogP contribution in [0.1, 0.15) is 25.8 Å². The van der Waals surface area contributed by atoms with E-state index < -0.39 is 11.8 Å². The Morgan fingerprint density at radius 2 is 1.89 bits per heavy atom. The fourth-order valence-electron chi connectivity index (χ4n) is 2.25. The number of benzene rings is 1. The van der Waals surface area contributed by atoms with Crippen LogP contribution in [0.2, 0.25) is 0 Å². The summed E-state index contributed by atoms with van der Waals surface area (Å²) in [5.41, 5.74) is 0.728. The number of ketones is 1. The van der Waals surface area contributed by atoms with Crippen molar-refractivity contribution >= 4 is 11.8 Å². The zero-order chi connectivity index (χ0) is 14.0. The van der Waals surface area contributed by atoms with Crippen LogP contribution in [0, 0.1) is 5.41 Å². The summed E-state index contributed by atoms with van der Waals surface area (Å²) in [6.45, 7) is 3.90. The molecule has 1 aliphatic heterocycles. The molecule has 102 valence electrons. The lowest BCUT2D eigenvalue weighted by atomic mass is 9.77. The van der Waals surface area contributed by atoms with Gasteiger partial charge in [-0.1, -0.05) is 26.0 Å². The van der Waals surface area contributed by atoms with Crippen LogP contribution in [0.25, 0.3) is 0 Å². The van der Waals surface area contributed by atoms with Crippen LogP contribution in [0.15, 0.2) is 24.3 Å². The van der Waals surface area contributed by atoms with Gasteiger partial charge in [0, 0.05) is 18.3 Å². The molecular weight excluding hydrogens is 244 g/mol. The Balaban J connectivity index is 2.12. The minimum Gasteiger partial charge on any atom is -0.497 e. The van der Waals surface area contributed by atoms with Crippen LogP contribution in [0.3, 0.4) is 0 Å². The SMILES string of the molecule is COc1ccc(CC2OC(=O)C(=O)CC2(C)C)cc1. The molecule has 4 heteroatoms. The third-order valence-corrected chi connectivity index (χ3v) is 3.54. The monoisotopic (exact) mass is 262 g/mol. The lowest BCUT2D eigenvalue weighted by molar-refractivity contribution is -0.171. The first-order valence-electron chi connectivity index (χ1n) is 6.29. The fourth-order valence-corrected chi connectivity index (χ4v) is 2.25. The van der Waals surface area contributed by atoms with Crippen LogP contribution in [0.4, 0.5) is 0 Å². The summed E-state index contributed by atoms with van der Waals surface area (Å²) in [5, 5.41) is 0. The molecule has 19 heavy (non-hydrogen) atoms. The number of hydrogen-bond acceptors (Lipinski definition) is 4. The lowest BCUT2D eigenvalue weighted by Crippen LogP contribution is -2.45. The number of rotatable bonds is 3. The van der Waals surface area contributed by atoms with Crippen molar-refractivity contribution in [2.75, 3.05) is 7.11 Å². The van der Waals surface area contributed by atoms with E-state index in [-0.39, 0.29) is 17.9 Å². The van der Waals surface area contributed by atoms with Crippen molar-refractivity contribution in [2.45, 2.75) is 32.8 Å². The average molecular weight is 262 g/mol. The van der Waals surface area contributed by atoms with E-state index >= 15 is 0 Å². The van der Waals surface area contributed by atoms with E-state index in [2.05, 4.69) is 0 Å². The molecule has 0 aliphatic carbocycles. The van der Waals surface area contributed by atoms with Gasteiger partial charge < -0.3 is 9.47 Å². The van der Waals surface area contributed by atoms with Gasteiger partial charge in [0.1, 0.15) is 11.9 Å². The summed E-state index contributed by atoms with van der Waals surface area (Å²) in [7, 11) is 1.62. The Morgan fingerprint density at radius 3 is 2.47 bits per heavy atom. The maximum atomic E-state index is 11.4. The molecule has 4 nitrogen and oxygen atoms in total. The normalized spacial score (nSPS) is 21.9. The largest absolute Gasteiger partial charge is 0.497 e. The van der Waals surface area contributed by atoms with Gasteiger partial charge in [-0.3, -0.25) is 4.79 Å². The van der Waals surface area contributed by atoms with Gasteiger partial charge >= 0.3 is 5.97 Å². The van der Waals surface area contributed by atoms with Crippen molar-refractivity contribution in [1.82, 2.24) is 0 Å². The number of esters is 1. The molecule has 0 radical (unpaired) electrons. The highest BCUT2D eigenvalue weighted by Gasteiger charge is 2.42. The van der Waals surface area contributed by atoms with E-state index in [9.17, 15) is 9.59 Å². The molecule has 1 atom stereocenters. The minimum atomic E-state index is -0.710. The highest BCUT2D eigenvalue weighted by atomic mass is 16.6. The molecule has 1 heterocycles. The molecule has 1 saturated heterocycles. The van der Waals surface area contributed by atoms with Crippen molar-refractivity contribution < 1.29 is 19.1 Å². The van der Waals surface area contributed by atoms with Crippen LogP contribution in [-0.2, 0) is 20.7 Å². The van der Waals surface area contributed by atoms with Gasteiger partial charge in [0.2, 0.25) is 5.78 Å². The molecule has 0 saturated carbocycles. The average Bonchev–Trinajstić information content (AvgIpc) is 2.36. The second-order valence-corrected chi connectivity index (χ2v) is 5.53. The maximum absolute atomic E-state index is 11.4. The number of Topliss-reactive ketones (excluding diaryl/α,β-unsaturated/α-hetero) is 1. The topological polar surface area (TPSA) is 52.6 Å². The maximum Gasteiger partial charge on any atom is 0.374 e. The summed E-state index contributed by atoms with van der Waals surface area (Å²) >= 11 is 0. The van der Waals surface area contributed by atoms with Crippen molar-refractivity contribution in [3.05, 3.63) is 29.8 Å². The number of hydrogen-bond donors (Lipinski definition) is 0. The predicted molar refractivity (Wildman–Crippen MR) is 70.0 cm³/mol. The Bertz CT molecular complexity index is 487. The molecule has 2 rings (SSSR count). The van der Waals surface area contributed by atoms with Gasteiger partial charge in [-0.15, -0.1) is 0 Å². The number of cyclic esters (lactones) is 1. The summed E-state index contributed by atoms with van der Waals surface area (Å²) in [6, 6.07) is 7.63. The summed E-state index contributed by atoms with van der Waals surface area (Å²) < 4.78 is 10.4. The second-order valence-electron chi connectivity index (χ2n) is 5.53. The third kappa shape index (κ3) is 2.95. The van der Waals surface area contributed by atoms with Gasteiger partial charge in [-0.05, 0) is 17.7 Å². The molecule has 1 unspecified atom stereocenters. The highest BCUT2D eigenvalue weighted by Crippen LogP contribution is 2.34. The lowest BCUT2D eigenvalue weighted by Gasteiger charge is -2.36. The van der Waals surface area contributed by atoms with Crippen molar-refractivity contribution in [3.8, 4) is 5.75 Å². The highest BCUT2D eigenvalue weighted by molar-refractivity contribution is 6.34. The smallest absolute Gasteiger partial charge is 0.374 e. The molecule has 0 aromatic heterocycles. The van der Waals surface area contributed by atoms with Crippen molar-refractivity contribution in [3.63, 3.8) is 0 Å². The molecule has 0 bridgehead atoms. The first-order chi connectivity index (χ1) is 8.92. The Kier molecular flexibility index (Phi) is 3.60. The molecule has 1 aromatic rings. The molecule has 1 aliphatic rings. The molecular formula is C15H18O4. The third-order valence-electron chi connectivity index (χ3n) is 3.54. The first-order valence-corrected chi connectivity index (χ1v) is 6.29. The molecule has 0 amide bonds. The van der Waals surface area contributed by atoms with E-state index in [4.69, 9.17) is 9.47 Å². The summed E-state index contributed by atoms with van der Waals surface area (Å²) in [5.74, 6) is -0.354. The number of carbonyl (C=O) groups is 2.